The second-order valence-corrected chi connectivity index (χ2v) is 7.66. The van der Waals surface area contributed by atoms with Gasteiger partial charge < -0.3 is 24.4 Å². The maximum Gasteiger partial charge on any atom is 0.223 e. The molecule has 10 nitrogen and oxygen atoms in total. The Morgan fingerprint density at radius 1 is 1.26 bits per heavy atom. The Morgan fingerprint density at radius 2 is 2.03 bits per heavy atom. The number of methoxy groups -OCH3 is 2. The number of imidazole rings is 1. The molecule has 2 aliphatic heterocycles. The first kappa shape index (κ1) is 21.4. The van der Waals surface area contributed by atoms with E-state index in [-0.39, 0.29) is 18.4 Å². The predicted octanol–water partition coefficient (Wildman–Crippen LogP) is 1.20. The number of ether oxygens (including phenoxy) is 3. The quantitative estimate of drug-likeness (QED) is 0.657. The minimum absolute atomic E-state index is 0.00589. The highest BCUT2D eigenvalue weighted by molar-refractivity contribution is 5.79. The van der Waals surface area contributed by atoms with Crippen molar-refractivity contribution >= 4 is 11.7 Å². The number of nitrogens with zero attached hydrogens (tertiary/aromatic N) is 5. The molecule has 2 aromatic heterocycles. The summed E-state index contributed by atoms with van der Waals surface area (Å²) in [4.78, 5) is 27.9. The molecule has 0 aliphatic carbocycles. The number of hydrogen-bond acceptors (Lipinski definition) is 8. The number of aromatic nitrogens is 4. The van der Waals surface area contributed by atoms with Crippen molar-refractivity contribution < 1.29 is 19.0 Å². The zero-order chi connectivity index (χ0) is 21.8. The van der Waals surface area contributed by atoms with Crippen LogP contribution in [0, 0.1) is 12.8 Å². The minimum Gasteiger partial charge on any atom is -0.356 e. The molecule has 1 saturated heterocycles. The lowest BCUT2D eigenvalue weighted by atomic mass is 9.96. The van der Waals surface area contributed by atoms with Gasteiger partial charge in [-0.2, -0.15) is 0 Å². The molecule has 4 heterocycles. The van der Waals surface area contributed by atoms with Crippen LogP contribution in [0.4, 0.5) is 5.82 Å². The van der Waals surface area contributed by atoms with Gasteiger partial charge in [-0.15, -0.1) is 0 Å². The van der Waals surface area contributed by atoms with E-state index in [0.717, 1.165) is 43.4 Å². The van der Waals surface area contributed by atoms with Gasteiger partial charge in [-0.25, -0.2) is 15.0 Å². The maximum absolute atomic E-state index is 12.7. The molecule has 2 aromatic rings. The molecule has 2 aliphatic rings. The Bertz CT molecular complexity index is 939. The van der Waals surface area contributed by atoms with E-state index >= 15 is 0 Å². The zero-order valence-corrected chi connectivity index (χ0v) is 18.0. The van der Waals surface area contributed by atoms with Gasteiger partial charge in [0.15, 0.2) is 6.29 Å². The van der Waals surface area contributed by atoms with Gasteiger partial charge in [-0.05, 0) is 31.9 Å². The lowest BCUT2D eigenvalue weighted by Crippen LogP contribution is -2.48. The largest absolute Gasteiger partial charge is 0.356 e. The molecule has 2 atom stereocenters. The molecule has 166 valence electrons. The monoisotopic (exact) mass is 428 g/mol. The molecule has 2 unspecified atom stereocenters. The van der Waals surface area contributed by atoms with E-state index in [1.807, 2.05) is 23.8 Å². The summed E-state index contributed by atoms with van der Waals surface area (Å²) in [6.45, 7) is 3.66. The summed E-state index contributed by atoms with van der Waals surface area (Å²) in [5.74, 6) is 1.46. The number of aryl methyl sites for hydroxylation is 1. The first-order valence-corrected chi connectivity index (χ1v) is 10.3. The van der Waals surface area contributed by atoms with Crippen LogP contribution >= 0.6 is 0 Å². The van der Waals surface area contributed by atoms with E-state index in [1.54, 1.807) is 38.9 Å². The Balaban J connectivity index is 1.31. The molecule has 0 spiro atoms. The van der Waals surface area contributed by atoms with Gasteiger partial charge in [0.1, 0.15) is 23.8 Å². The summed E-state index contributed by atoms with van der Waals surface area (Å²) in [5, 5.41) is 2.97. The number of anilines is 1. The van der Waals surface area contributed by atoms with Crippen LogP contribution in [0.5, 0.6) is 0 Å². The molecule has 0 aromatic carbocycles. The van der Waals surface area contributed by atoms with Crippen molar-refractivity contribution in [3.05, 3.63) is 42.8 Å². The number of carbonyl (C=O) groups excluding carboxylic acids is 1. The molecule has 1 amide bonds. The second kappa shape index (κ2) is 9.13. The van der Waals surface area contributed by atoms with Crippen LogP contribution in [0.3, 0.4) is 0 Å². The minimum atomic E-state index is -0.986. The lowest BCUT2D eigenvalue weighted by Gasteiger charge is -2.33. The van der Waals surface area contributed by atoms with Crippen LogP contribution in [0.25, 0.3) is 5.82 Å². The van der Waals surface area contributed by atoms with Crippen molar-refractivity contribution in [2.75, 3.05) is 38.8 Å². The highest BCUT2D eigenvalue weighted by Crippen LogP contribution is 2.26. The molecule has 0 bridgehead atoms. The summed E-state index contributed by atoms with van der Waals surface area (Å²) < 4.78 is 18.3. The highest BCUT2D eigenvalue weighted by Gasteiger charge is 2.37. The maximum atomic E-state index is 12.7. The number of carbonyl (C=O) groups is 1. The van der Waals surface area contributed by atoms with Crippen LogP contribution in [0.2, 0.25) is 0 Å². The molecular weight excluding hydrogens is 400 g/mol. The van der Waals surface area contributed by atoms with E-state index in [2.05, 4.69) is 25.2 Å². The number of piperidine rings is 1. The van der Waals surface area contributed by atoms with Crippen LogP contribution in [-0.4, -0.2) is 71.4 Å². The number of rotatable bonds is 7. The molecule has 1 N–H and O–H groups in total. The number of hydrogen-bond donors (Lipinski definition) is 1. The van der Waals surface area contributed by atoms with Crippen molar-refractivity contribution in [2.45, 2.75) is 31.8 Å². The van der Waals surface area contributed by atoms with Gasteiger partial charge in [0, 0.05) is 51.7 Å². The normalized spacial score (nSPS) is 24.0. The van der Waals surface area contributed by atoms with E-state index < -0.39 is 12.1 Å². The van der Waals surface area contributed by atoms with Gasteiger partial charge in [0.2, 0.25) is 11.7 Å². The fraction of sp³-hybridized carbons (Fsp3) is 0.524. The summed E-state index contributed by atoms with van der Waals surface area (Å²) in [6, 6.07) is 1.95. The summed E-state index contributed by atoms with van der Waals surface area (Å²) in [5.41, 5.74) is 0. The fourth-order valence-corrected chi connectivity index (χ4v) is 3.90. The Morgan fingerprint density at radius 3 is 2.68 bits per heavy atom. The lowest BCUT2D eigenvalue weighted by molar-refractivity contribution is -0.239. The van der Waals surface area contributed by atoms with Crippen LogP contribution in [0.15, 0.2) is 36.9 Å². The fourth-order valence-electron chi connectivity index (χ4n) is 3.90. The number of nitrogens with one attached hydrogen (secondary N) is 1. The molecule has 0 radical (unpaired) electrons. The van der Waals surface area contributed by atoms with E-state index in [0.29, 0.717) is 0 Å². The van der Waals surface area contributed by atoms with Crippen molar-refractivity contribution in [3.8, 4) is 5.82 Å². The highest BCUT2D eigenvalue weighted by atomic mass is 16.8. The van der Waals surface area contributed by atoms with Gasteiger partial charge in [-0.3, -0.25) is 9.36 Å². The Hall–Kier alpha value is -2.82. The Labute approximate surface area is 181 Å². The van der Waals surface area contributed by atoms with Crippen molar-refractivity contribution in [1.82, 2.24) is 24.8 Å². The van der Waals surface area contributed by atoms with Gasteiger partial charge in [-0.1, -0.05) is 0 Å². The third-order valence-electron chi connectivity index (χ3n) is 5.81. The molecule has 31 heavy (non-hydrogen) atoms. The second-order valence-electron chi connectivity index (χ2n) is 7.66. The standard InChI is InChI=1S/C21H28N6O4/c1-15-22-8-11-27(15)18-12-17(24-14-25-18)26-9-5-16(6-10-26)20(28)23-13-21(30-3)7-4-19(29-2)31-21/h4,7-8,11-12,14,16,19H,5-6,9-10,13H2,1-3H3,(H,23,28). The Kier molecular flexibility index (Phi) is 6.30. The van der Waals surface area contributed by atoms with E-state index in [1.165, 1.54) is 0 Å². The zero-order valence-electron chi connectivity index (χ0n) is 18.0. The SMILES string of the molecule is COC1C=CC(CNC(=O)C2CCN(c3cc(-n4ccnc4C)ncn3)CC2)(OC)O1. The van der Waals surface area contributed by atoms with Crippen LogP contribution in [0.1, 0.15) is 18.7 Å². The third kappa shape index (κ3) is 4.60. The van der Waals surface area contributed by atoms with Crippen LogP contribution < -0.4 is 10.2 Å². The first-order chi connectivity index (χ1) is 15.0. The average Bonchev–Trinajstić information content (AvgIpc) is 3.44. The molecule has 1 fully saturated rings. The average molecular weight is 428 g/mol. The molecule has 0 saturated carbocycles. The van der Waals surface area contributed by atoms with Gasteiger partial charge in [0.25, 0.3) is 0 Å². The van der Waals surface area contributed by atoms with Gasteiger partial charge in [0.05, 0.1) is 6.54 Å². The third-order valence-corrected chi connectivity index (χ3v) is 5.81. The van der Waals surface area contributed by atoms with E-state index in [4.69, 9.17) is 14.2 Å². The molecule has 4 rings (SSSR count). The molecule has 10 heteroatoms. The van der Waals surface area contributed by atoms with E-state index in [9.17, 15) is 4.79 Å². The molecular formula is C21H28N6O4. The van der Waals surface area contributed by atoms with Crippen molar-refractivity contribution in [1.29, 1.82) is 0 Å². The van der Waals surface area contributed by atoms with Gasteiger partial charge >= 0.3 is 0 Å². The smallest absolute Gasteiger partial charge is 0.223 e. The predicted molar refractivity (Wildman–Crippen MR) is 113 cm³/mol. The van der Waals surface area contributed by atoms with Crippen molar-refractivity contribution in [3.63, 3.8) is 0 Å². The van der Waals surface area contributed by atoms with Crippen LogP contribution in [-0.2, 0) is 19.0 Å². The summed E-state index contributed by atoms with van der Waals surface area (Å²) >= 11 is 0. The summed E-state index contributed by atoms with van der Waals surface area (Å²) in [6.07, 6.45) is 9.76. The topological polar surface area (TPSA) is 104 Å². The first-order valence-electron chi connectivity index (χ1n) is 10.3. The number of amides is 1. The summed E-state index contributed by atoms with van der Waals surface area (Å²) in [7, 11) is 3.11. The van der Waals surface area contributed by atoms with Crippen molar-refractivity contribution in [2.24, 2.45) is 5.92 Å².